The second-order valence-electron chi connectivity index (χ2n) is 4.38. The van der Waals surface area contributed by atoms with E-state index in [9.17, 15) is 21.8 Å². The van der Waals surface area contributed by atoms with Gasteiger partial charge in [-0.15, -0.1) is 4.52 Å². The Labute approximate surface area is 123 Å². The lowest BCUT2D eigenvalue weighted by atomic mass is 10.1. The molecule has 0 saturated heterocycles. The van der Waals surface area contributed by atoms with Gasteiger partial charge in [-0.25, -0.2) is 13.0 Å². The molecule has 0 amide bonds. The Bertz CT molecular complexity index is 631. The van der Waals surface area contributed by atoms with Crippen LogP contribution in [0.15, 0.2) is 17.0 Å². The van der Waals surface area contributed by atoms with E-state index in [1.165, 1.54) is 6.92 Å². The van der Waals surface area contributed by atoms with Crippen LogP contribution in [0, 0.1) is 11.6 Å². The predicted octanol–water partition coefficient (Wildman–Crippen LogP) is 3.36. The lowest BCUT2D eigenvalue weighted by Gasteiger charge is -2.09. The van der Waals surface area contributed by atoms with Crippen molar-refractivity contribution in [2.75, 3.05) is 6.35 Å². The van der Waals surface area contributed by atoms with Gasteiger partial charge in [-0.05, 0) is 37.0 Å². The van der Waals surface area contributed by atoms with Crippen LogP contribution < -0.4 is 0 Å². The quantitative estimate of drug-likeness (QED) is 0.562. The fourth-order valence-electron chi connectivity index (χ4n) is 1.61. The second kappa shape index (κ2) is 7.35. The molecule has 0 radical (unpaired) electrons. The molecular weight excluding hydrogens is 325 g/mol. The average Bonchev–Trinajstić information content (AvgIpc) is 2.38. The predicted molar refractivity (Wildman–Crippen MR) is 72.7 cm³/mol. The summed E-state index contributed by atoms with van der Waals surface area (Å²) in [4.78, 5) is -0.863. The zero-order valence-electron chi connectivity index (χ0n) is 11.8. The molecule has 0 bridgehead atoms. The highest BCUT2D eigenvalue weighted by atomic mass is 32.2. The van der Waals surface area contributed by atoms with Crippen LogP contribution in [0.5, 0.6) is 0 Å². The molecule has 1 aromatic carbocycles. The van der Waals surface area contributed by atoms with Gasteiger partial charge in [0.25, 0.3) is 6.35 Å². The summed E-state index contributed by atoms with van der Waals surface area (Å²) in [5.74, 6) is -1.96. The van der Waals surface area contributed by atoms with Gasteiger partial charge in [0.1, 0.15) is 22.6 Å². The molecule has 0 aliphatic carbocycles. The average molecular weight is 341 g/mol. The molecule has 0 aliphatic rings. The highest BCUT2D eigenvalue weighted by Gasteiger charge is 2.31. The highest BCUT2D eigenvalue weighted by Crippen LogP contribution is 2.29. The van der Waals surface area contributed by atoms with Crippen LogP contribution in [0.2, 0.25) is 0 Å². The first-order chi connectivity index (χ1) is 9.69. The van der Waals surface area contributed by atoms with E-state index < -0.39 is 41.0 Å². The summed E-state index contributed by atoms with van der Waals surface area (Å²) in [5.41, 5.74) is -0.310. The second-order valence-corrected chi connectivity index (χ2v) is 7.07. The van der Waals surface area contributed by atoms with Crippen molar-refractivity contribution in [1.29, 1.82) is 0 Å². The fraction of sp³-hybridized carbons (Fsp3) is 0.500. The number of hydrogen-bond donors (Lipinski definition) is 0. The van der Waals surface area contributed by atoms with Crippen LogP contribution in [0.1, 0.15) is 26.3 Å². The first kappa shape index (κ1) is 18.1. The minimum Gasteiger partial charge on any atom is -0.213 e. The summed E-state index contributed by atoms with van der Waals surface area (Å²) >= 11 is 0. The van der Waals surface area contributed by atoms with Crippen LogP contribution >= 0.6 is 8.03 Å². The Morgan fingerprint density at radius 1 is 1.24 bits per heavy atom. The van der Waals surface area contributed by atoms with Crippen molar-refractivity contribution in [3.8, 4) is 0 Å². The van der Waals surface area contributed by atoms with Crippen molar-refractivity contribution in [2.45, 2.75) is 38.2 Å². The third kappa shape index (κ3) is 4.78. The maximum absolute atomic E-state index is 13.7. The molecule has 1 aromatic rings. The molecule has 5 nitrogen and oxygen atoms in total. The Hall–Kier alpha value is -0.950. The summed E-state index contributed by atoms with van der Waals surface area (Å²) in [6, 6.07) is 1.55. The molecule has 1 rings (SSSR count). The lowest BCUT2D eigenvalue weighted by Crippen LogP contribution is -2.13. The molecule has 0 heterocycles. The van der Waals surface area contributed by atoms with Gasteiger partial charge in [-0.3, -0.25) is 0 Å². The number of hydrogen-bond acceptors (Lipinski definition) is 5. The van der Waals surface area contributed by atoms with Crippen LogP contribution in [0.25, 0.3) is 0 Å². The van der Waals surface area contributed by atoms with Crippen LogP contribution in [-0.4, -0.2) is 20.9 Å². The summed E-state index contributed by atoms with van der Waals surface area (Å²) in [6.07, 6.45) is -1.16. The Morgan fingerprint density at radius 3 is 2.33 bits per heavy atom. The molecule has 0 spiro atoms. The summed E-state index contributed by atoms with van der Waals surface area (Å²) < 4.78 is 72.0. The molecule has 0 aromatic heterocycles. The van der Waals surface area contributed by atoms with Crippen molar-refractivity contribution in [2.24, 2.45) is 0 Å². The third-order valence-electron chi connectivity index (χ3n) is 2.40. The molecule has 0 fully saturated rings. The maximum Gasteiger partial charge on any atom is 0.538 e. The number of rotatable bonds is 7. The van der Waals surface area contributed by atoms with E-state index in [-0.39, 0.29) is 18.1 Å². The van der Waals surface area contributed by atoms with Crippen LogP contribution in [0.3, 0.4) is 0 Å². The summed E-state index contributed by atoms with van der Waals surface area (Å²) in [7, 11) is -6.94. The summed E-state index contributed by atoms with van der Waals surface area (Å²) in [6.45, 7) is 4.71. The Morgan fingerprint density at radius 2 is 1.81 bits per heavy atom. The van der Waals surface area contributed by atoms with Gasteiger partial charge in [0.05, 0.1) is 0 Å². The fourth-order valence-corrected chi connectivity index (χ4v) is 4.01. The van der Waals surface area contributed by atoms with Crippen molar-refractivity contribution in [3.63, 3.8) is 0 Å². The standard InChI is InChI=1S/C12H16F2O5PS/c1-4-9-10(13)5-6-11(14)12(9)21(16,17)18-7-20(15)19-8(2)3/h5-6,8H,4,7H2,1-3H3/q+1. The zero-order valence-corrected chi connectivity index (χ0v) is 13.5. The Kier molecular flexibility index (Phi) is 6.34. The van der Waals surface area contributed by atoms with Gasteiger partial charge >= 0.3 is 18.1 Å². The minimum absolute atomic E-state index is 0.0316. The third-order valence-corrected chi connectivity index (χ3v) is 4.94. The molecule has 21 heavy (non-hydrogen) atoms. The van der Waals surface area contributed by atoms with Crippen LogP contribution in [0.4, 0.5) is 8.78 Å². The largest absolute Gasteiger partial charge is 0.538 e. The number of benzene rings is 1. The SMILES string of the molecule is CCc1c(F)ccc(F)c1S(=O)(=O)OC[P+](=O)OC(C)C. The normalized spacial score (nSPS) is 12.8. The van der Waals surface area contributed by atoms with Crippen molar-refractivity contribution >= 4 is 18.1 Å². The molecule has 118 valence electrons. The molecular formula is C12H16F2O5PS+. The van der Waals surface area contributed by atoms with Crippen LogP contribution in [-0.2, 0) is 29.8 Å². The van der Waals surface area contributed by atoms with Gasteiger partial charge < -0.3 is 0 Å². The number of halogens is 2. The Balaban J connectivity index is 3.04. The minimum atomic E-state index is -4.57. The maximum atomic E-state index is 13.7. The van der Waals surface area contributed by atoms with Gasteiger partial charge in [-0.1, -0.05) is 6.92 Å². The first-order valence-corrected chi connectivity index (χ1v) is 8.93. The van der Waals surface area contributed by atoms with E-state index in [0.29, 0.717) is 6.07 Å². The zero-order chi connectivity index (χ0) is 16.2. The highest BCUT2D eigenvalue weighted by molar-refractivity contribution is 7.87. The molecule has 9 heteroatoms. The molecule has 0 aliphatic heterocycles. The van der Waals surface area contributed by atoms with Crippen molar-refractivity contribution in [1.82, 2.24) is 0 Å². The van der Waals surface area contributed by atoms with Crippen molar-refractivity contribution in [3.05, 3.63) is 29.3 Å². The monoisotopic (exact) mass is 341 g/mol. The molecule has 1 atom stereocenters. The molecule has 1 unspecified atom stereocenters. The summed E-state index contributed by atoms with van der Waals surface area (Å²) in [5, 5.41) is 0. The smallest absolute Gasteiger partial charge is 0.213 e. The van der Waals surface area contributed by atoms with E-state index >= 15 is 0 Å². The lowest BCUT2D eigenvalue weighted by molar-refractivity contribution is 0.241. The van der Waals surface area contributed by atoms with E-state index in [1.807, 2.05) is 0 Å². The van der Waals surface area contributed by atoms with E-state index in [2.05, 4.69) is 4.18 Å². The van der Waals surface area contributed by atoms with Gasteiger partial charge in [-0.2, -0.15) is 8.42 Å². The first-order valence-electron chi connectivity index (χ1n) is 6.16. The van der Waals surface area contributed by atoms with Gasteiger partial charge in [0, 0.05) is 5.56 Å². The van der Waals surface area contributed by atoms with Gasteiger partial charge in [0.15, 0.2) is 0 Å². The van der Waals surface area contributed by atoms with Gasteiger partial charge in [0.2, 0.25) is 0 Å². The van der Waals surface area contributed by atoms with E-state index in [1.54, 1.807) is 13.8 Å². The molecule has 0 N–H and O–H groups in total. The topological polar surface area (TPSA) is 69.7 Å². The van der Waals surface area contributed by atoms with Crippen molar-refractivity contribution < 1.29 is 30.5 Å². The van der Waals surface area contributed by atoms with E-state index in [4.69, 9.17) is 4.52 Å². The molecule has 0 saturated carbocycles. The van der Waals surface area contributed by atoms with E-state index in [0.717, 1.165) is 6.07 Å².